The van der Waals surface area contributed by atoms with Gasteiger partial charge in [-0.1, -0.05) is 35.9 Å². The number of amides is 2. The second-order valence-corrected chi connectivity index (χ2v) is 6.94. The van der Waals surface area contributed by atoms with Gasteiger partial charge in [-0.05, 0) is 29.8 Å². The highest BCUT2D eigenvalue weighted by molar-refractivity contribution is 6.30. The van der Waals surface area contributed by atoms with E-state index in [9.17, 15) is 14.4 Å². The molecule has 0 fully saturated rings. The summed E-state index contributed by atoms with van der Waals surface area (Å²) < 4.78 is 10.1. The first-order valence-electron chi connectivity index (χ1n) is 9.09. The quantitative estimate of drug-likeness (QED) is 0.648. The van der Waals surface area contributed by atoms with Crippen LogP contribution in [0.3, 0.4) is 0 Å². The van der Waals surface area contributed by atoms with Crippen molar-refractivity contribution in [3.8, 4) is 5.75 Å². The Labute approximate surface area is 173 Å². The minimum Gasteiger partial charge on any atom is -0.482 e. The highest BCUT2D eigenvalue weighted by atomic mass is 35.5. The number of nitrogens with zero attached hydrogens (tertiary/aromatic N) is 2. The molecule has 0 aliphatic carbocycles. The first-order valence-corrected chi connectivity index (χ1v) is 9.47. The lowest BCUT2D eigenvalue weighted by atomic mass is 10.2. The summed E-state index contributed by atoms with van der Waals surface area (Å²) in [6.07, 6.45) is 0.0602. The lowest BCUT2D eigenvalue weighted by Gasteiger charge is -2.30. The molecule has 3 rings (SSSR count). The number of anilines is 1. The zero-order chi connectivity index (χ0) is 20.8. The van der Waals surface area contributed by atoms with Gasteiger partial charge in [0.25, 0.3) is 5.91 Å². The summed E-state index contributed by atoms with van der Waals surface area (Å²) in [5, 5.41) is 0.587. The van der Waals surface area contributed by atoms with Crippen LogP contribution < -0.4 is 9.64 Å². The van der Waals surface area contributed by atoms with Crippen LogP contribution in [0, 0.1) is 0 Å². The molecular weight excluding hydrogens is 396 g/mol. The summed E-state index contributed by atoms with van der Waals surface area (Å²) in [6, 6.07) is 14.2. The Kier molecular flexibility index (Phi) is 6.72. The highest BCUT2D eigenvalue weighted by Gasteiger charge is 2.26. The fraction of sp³-hybridized carbons (Fsp3) is 0.286. The van der Waals surface area contributed by atoms with Crippen LogP contribution in [0.25, 0.3) is 0 Å². The van der Waals surface area contributed by atoms with E-state index in [1.54, 1.807) is 42.5 Å². The van der Waals surface area contributed by atoms with Crippen molar-refractivity contribution < 1.29 is 23.9 Å². The topological polar surface area (TPSA) is 76.2 Å². The molecule has 1 aliphatic heterocycles. The molecule has 0 bridgehead atoms. The minimum absolute atomic E-state index is 0.0602. The van der Waals surface area contributed by atoms with Gasteiger partial charge in [-0.3, -0.25) is 14.4 Å². The van der Waals surface area contributed by atoms with E-state index in [0.717, 1.165) is 5.56 Å². The number of methoxy groups -OCH3 is 1. The summed E-state index contributed by atoms with van der Waals surface area (Å²) in [4.78, 5) is 39.8. The molecule has 152 valence electrons. The number of ether oxygens (including phenoxy) is 2. The number of halogens is 1. The highest BCUT2D eigenvalue weighted by Crippen LogP contribution is 2.31. The van der Waals surface area contributed by atoms with Crippen molar-refractivity contribution >= 4 is 35.1 Å². The Morgan fingerprint density at radius 3 is 2.62 bits per heavy atom. The van der Waals surface area contributed by atoms with Crippen molar-refractivity contribution in [2.75, 3.05) is 31.7 Å². The van der Waals surface area contributed by atoms with Crippen LogP contribution in [0.2, 0.25) is 5.02 Å². The van der Waals surface area contributed by atoms with Gasteiger partial charge in [0.05, 0.1) is 12.8 Å². The van der Waals surface area contributed by atoms with Crippen molar-refractivity contribution in [1.82, 2.24) is 4.90 Å². The Bertz CT molecular complexity index is 900. The van der Waals surface area contributed by atoms with Crippen LogP contribution in [0.15, 0.2) is 48.5 Å². The van der Waals surface area contributed by atoms with Gasteiger partial charge in [-0.2, -0.15) is 0 Å². The van der Waals surface area contributed by atoms with Crippen LogP contribution >= 0.6 is 11.6 Å². The van der Waals surface area contributed by atoms with Gasteiger partial charge in [0.2, 0.25) is 5.91 Å². The molecule has 7 nitrogen and oxygen atoms in total. The molecule has 0 unspecified atom stereocenters. The normalized spacial score (nSPS) is 12.8. The van der Waals surface area contributed by atoms with E-state index in [-0.39, 0.29) is 44.5 Å². The summed E-state index contributed by atoms with van der Waals surface area (Å²) >= 11 is 5.91. The van der Waals surface area contributed by atoms with E-state index in [1.165, 1.54) is 16.9 Å². The Morgan fingerprint density at radius 1 is 1.17 bits per heavy atom. The third-order valence-corrected chi connectivity index (χ3v) is 4.80. The molecule has 0 atom stereocenters. The van der Waals surface area contributed by atoms with Gasteiger partial charge in [-0.15, -0.1) is 0 Å². The predicted octanol–water partition coefficient (Wildman–Crippen LogP) is 2.66. The molecule has 1 aliphatic rings. The van der Waals surface area contributed by atoms with E-state index in [4.69, 9.17) is 21.1 Å². The van der Waals surface area contributed by atoms with Crippen molar-refractivity contribution in [2.45, 2.75) is 13.0 Å². The number of benzene rings is 2. The molecule has 0 radical (unpaired) electrons. The number of hydrogen-bond donors (Lipinski definition) is 0. The van der Waals surface area contributed by atoms with Crippen molar-refractivity contribution in [3.05, 3.63) is 59.1 Å². The zero-order valence-corrected chi connectivity index (χ0v) is 16.7. The zero-order valence-electron chi connectivity index (χ0n) is 16.0. The Morgan fingerprint density at radius 2 is 1.90 bits per heavy atom. The molecule has 0 saturated carbocycles. The number of esters is 1. The molecule has 0 saturated heterocycles. The number of para-hydroxylation sites is 2. The van der Waals surface area contributed by atoms with Crippen molar-refractivity contribution in [3.63, 3.8) is 0 Å². The van der Waals surface area contributed by atoms with Crippen LogP contribution in [-0.2, 0) is 25.7 Å². The van der Waals surface area contributed by atoms with Gasteiger partial charge in [0.15, 0.2) is 6.61 Å². The van der Waals surface area contributed by atoms with E-state index in [1.807, 2.05) is 6.07 Å². The standard InChI is InChI=1S/C21H21ClN2O5/c1-28-21(27)13-23(12-15-6-8-16(22)9-7-15)19(25)10-11-24-17-4-2-3-5-18(17)29-14-20(24)26/h2-9H,10-14H2,1H3. The fourth-order valence-electron chi connectivity index (χ4n) is 3.03. The number of rotatable bonds is 7. The summed E-state index contributed by atoms with van der Waals surface area (Å²) in [7, 11) is 1.27. The molecule has 0 spiro atoms. The van der Waals surface area contributed by atoms with E-state index in [2.05, 4.69) is 0 Å². The third-order valence-electron chi connectivity index (χ3n) is 4.54. The molecular formula is C21H21ClN2O5. The lowest BCUT2D eigenvalue weighted by Crippen LogP contribution is -2.42. The molecule has 2 aromatic rings. The summed E-state index contributed by atoms with van der Waals surface area (Å²) in [5.41, 5.74) is 1.47. The second kappa shape index (κ2) is 9.43. The monoisotopic (exact) mass is 416 g/mol. The molecule has 2 aromatic carbocycles. The molecule has 0 N–H and O–H groups in total. The first kappa shape index (κ1) is 20.7. The van der Waals surface area contributed by atoms with Crippen LogP contribution in [-0.4, -0.2) is 49.5 Å². The lowest BCUT2D eigenvalue weighted by molar-refractivity contribution is -0.147. The second-order valence-electron chi connectivity index (χ2n) is 6.50. The largest absolute Gasteiger partial charge is 0.482 e. The average molecular weight is 417 g/mol. The predicted molar refractivity (Wildman–Crippen MR) is 108 cm³/mol. The maximum atomic E-state index is 12.9. The maximum absolute atomic E-state index is 12.9. The van der Waals surface area contributed by atoms with E-state index in [0.29, 0.717) is 16.5 Å². The average Bonchev–Trinajstić information content (AvgIpc) is 2.73. The van der Waals surface area contributed by atoms with Gasteiger partial charge < -0.3 is 19.3 Å². The third kappa shape index (κ3) is 5.26. The Balaban J connectivity index is 1.70. The number of carbonyl (C=O) groups excluding carboxylic acids is 3. The van der Waals surface area contributed by atoms with Gasteiger partial charge >= 0.3 is 5.97 Å². The summed E-state index contributed by atoms with van der Waals surface area (Å²) in [6.45, 7) is 0.183. The molecule has 0 aromatic heterocycles. The number of carbonyl (C=O) groups is 3. The summed E-state index contributed by atoms with van der Waals surface area (Å²) in [5.74, 6) is -0.386. The molecule has 2 amide bonds. The SMILES string of the molecule is COC(=O)CN(Cc1ccc(Cl)cc1)C(=O)CCN1C(=O)COc2ccccc21. The van der Waals surface area contributed by atoms with Crippen molar-refractivity contribution in [2.24, 2.45) is 0 Å². The van der Waals surface area contributed by atoms with Gasteiger partial charge in [0.1, 0.15) is 12.3 Å². The van der Waals surface area contributed by atoms with Crippen LogP contribution in [0.4, 0.5) is 5.69 Å². The Hall–Kier alpha value is -3.06. The molecule has 1 heterocycles. The molecule has 29 heavy (non-hydrogen) atoms. The fourth-order valence-corrected chi connectivity index (χ4v) is 3.15. The van der Waals surface area contributed by atoms with Crippen LogP contribution in [0.1, 0.15) is 12.0 Å². The number of fused-ring (bicyclic) bond motifs is 1. The smallest absolute Gasteiger partial charge is 0.325 e. The van der Waals surface area contributed by atoms with Gasteiger partial charge in [-0.25, -0.2) is 0 Å². The first-order chi connectivity index (χ1) is 14.0. The minimum atomic E-state index is -0.514. The van der Waals surface area contributed by atoms with E-state index < -0.39 is 5.97 Å². The number of hydrogen-bond acceptors (Lipinski definition) is 5. The van der Waals surface area contributed by atoms with Crippen molar-refractivity contribution in [1.29, 1.82) is 0 Å². The van der Waals surface area contributed by atoms with Crippen LogP contribution in [0.5, 0.6) is 5.75 Å². The van der Waals surface area contributed by atoms with Gasteiger partial charge in [0, 0.05) is 24.5 Å². The van der Waals surface area contributed by atoms with E-state index >= 15 is 0 Å². The molecule has 8 heteroatoms. The maximum Gasteiger partial charge on any atom is 0.325 e.